The fourth-order valence-corrected chi connectivity index (χ4v) is 8.73. The van der Waals surface area contributed by atoms with Gasteiger partial charge in [-0.2, -0.15) is 0 Å². The molecule has 9 heteroatoms. The summed E-state index contributed by atoms with van der Waals surface area (Å²) < 4.78 is 4.53. The second kappa shape index (κ2) is 11.0. The molecule has 1 N–H and O–H groups in total. The van der Waals surface area contributed by atoms with E-state index in [-0.39, 0.29) is 36.2 Å². The number of nitrogens with zero attached hydrogens (tertiary/aromatic N) is 3. The highest BCUT2D eigenvalue weighted by Crippen LogP contribution is 2.61. The molecule has 1 aromatic carbocycles. The Labute approximate surface area is 235 Å². The fraction of sp³-hybridized carbons (Fsp3) is 0.567. The Morgan fingerprint density at radius 2 is 1.82 bits per heavy atom. The maximum absolute atomic E-state index is 14.6. The summed E-state index contributed by atoms with van der Waals surface area (Å²) >= 11 is 1.52. The Morgan fingerprint density at radius 3 is 2.46 bits per heavy atom. The van der Waals surface area contributed by atoms with Crippen molar-refractivity contribution in [2.45, 2.75) is 56.2 Å². The Kier molecular flexibility index (Phi) is 7.84. The van der Waals surface area contributed by atoms with E-state index < -0.39 is 34.6 Å². The number of fused-ring (bicyclic) bond motifs is 2. The normalized spacial score (nSPS) is 31.3. The van der Waals surface area contributed by atoms with E-state index in [0.29, 0.717) is 6.54 Å². The summed E-state index contributed by atoms with van der Waals surface area (Å²) in [5.41, 5.74) is 1.85. The Bertz CT molecular complexity index is 1170. The highest BCUT2D eigenvalue weighted by molar-refractivity contribution is 8.02. The van der Waals surface area contributed by atoms with Crippen LogP contribution in [-0.2, 0) is 19.1 Å². The highest BCUT2D eigenvalue weighted by Gasteiger charge is 2.72. The molecule has 0 aliphatic carbocycles. The predicted octanol–water partition coefficient (Wildman–Crippen LogP) is 3.25. The molecule has 1 spiro atoms. The van der Waals surface area contributed by atoms with Crippen molar-refractivity contribution < 1.29 is 24.2 Å². The molecule has 2 amide bonds. The van der Waals surface area contributed by atoms with Crippen LogP contribution >= 0.6 is 11.8 Å². The quantitative estimate of drug-likeness (QED) is 0.390. The Balaban J connectivity index is 1.60. The first-order valence-electron chi connectivity index (χ1n) is 14.1. The molecular weight excluding hydrogens is 514 g/mol. The first kappa shape index (κ1) is 27.8. The first-order valence-corrected chi connectivity index (χ1v) is 15.0. The van der Waals surface area contributed by atoms with Crippen LogP contribution in [0.5, 0.6) is 0 Å². The average molecular weight is 554 g/mol. The molecule has 1 unspecified atom stereocenters. The van der Waals surface area contributed by atoms with Gasteiger partial charge in [-0.25, -0.2) is 0 Å². The van der Waals surface area contributed by atoms with E-state index in [1.807, 2.05) is 62.4 Å². The van der Waals surface area contributed by atoms with Crippen molar-refractivity contribution >= 4 is 40.9 Å². The second-order valence-electron chi connectivity index (χ2n) is 10.8. The summed E-state index contributed by atoms with van der Waals surface area (Å²) in [6.07, 6.45) is 8.47. The lowest BCUT2D eigenvalue weighted by Crippen LogP contribution is -2.58. The number of amides is 2. The molecule has 0 bridgehead atoms. The number of benzene rings is 1. The molecule has 210 valence electrons. The zero-order chi connectivity index (χ0) is 27.9. The molecule has 4 aliphatic heterocycles. The number of carbonyl (C=O) groups is 3. The number of hydrogen-bond donors (Lipinski definition) is 1. The molecule has 0 radical (unpaired) electrons. The third-order valence-corrected chi connectivity index (χ3v) is 10.7. The van der Waals surface area contributed by atoms with Crippen LogP contribution in [0.4, 0.5) is 11.4 Å². The number of ether oxygens (including phenoxy) is 1. The van der Waals surface area contributed by atoms with Gasteiger partial charge in [-0.3, -0.25) is 14.4 Å². The molecule has 8 nitrogen and oxygen atoms in total. The van der Waals surface area contributed by atoms with Crippen molar-refractivity contribution in [2.75, 3.05) is 42.6 Å². The van der Waals surface area contributed by atoms with Crippen molar-refractivity contribution in [3.05, 3.63) is 48.6 Å². The number of aliphatic hydroxyl groups is 1. The van der Waals surface area contributed by atoms with Gasteiger partial charge in [-0.05, 0) is 44.0 Å². The first-order chi connectivity index (χ1) is 18.8. The lowest BCUT2D eigenvalue weighted by atomic mass is 9.78. The number of rotatable bonds is 8. The molecule has 0 aromatic heterocycles. The number of carbonyl (C=O) groups excluding carboxylic acids is 3. The van der Waals surface area contributed by atoms with Crippen LogP contribution in [0.15, 0.2) is 48.6 Å². The third-order valence-electron chi connectivity index (χ3n) is 8.99. The van der Waals surface area contributed by atoms with Crippen LogP contribution in [0.1, 0.15) is 34.1 Å². The van der Waals surface area contributed by atoms with E-state index in [2.05, 4.69) is 18.7 Å². The average Bonchev–Trinajstić information content (AvgIpc) is 3.24. The van der Waals surface area contributed by atoms with Crippen LogP contribution < -0.4 is 9.80 Å². The Morgan fingerprint density at radius 1 is 1.10 bits per heavy atom. The monoisotopic (exact) mass is 553 g/mol. The van der Waals surface area contributed by atoms with E-state index in [4.69, 9.17) is 4.74 Å². The van der Waals surface area contributed by atoms with Gasteiger partial charge in [0.2, 0.25) is 5.91 Å². The minimum Gasteiger partial charge on any atom is -0.461 e. The zero-order valence-electron chi connectivity index (χ0n) is 23.2. The van der Waals surface area contributed by atoms with Gasteiger partial charge in [-0.1, -0.05) is 44.6 Å². The van der Waals surface area contributed by atoms with Crippen LogP contribution in [0.25, 0.3) is 0 Å². The SMILES string of the molecule is CC[C@H](C)[C@H](CO)N1C(=O)[C@@H]2[C@H]3C(=O)OCC=C[C@H]3S[C@@]23C=CCN(c2ccc(N(CC)CC)cc2)C(=O)C13. The van der Waals surface area contributed by atoms with Crippen LogP contribution in [0.3, 0.4) is 0 Å². The smallest absolute Gasteiger partial charge is 0.311 e. The van der Waals surface area contributed by atoms with Crippen molar-refractivity contribution in [1.29, 1.82) is 0 Å². The summed E-state index contributed by atoms with van der Waals surface area (Å²) in [6.45, 7) is 10.3. The minimum absolute atomic E-state index is 0.0292. The summed E-state index contributed by atoms with van der Waals surface area (Å²) in [6, 6.07) is 6.59. The predicted molar refractivity (Wildman–Crippen MR) is 154 cm³/mol. The van der Waals surface area contributed by atoms with Gasteiger partial charge < -0.3 is 24.5 Å². The molecule has 5 rings (SSSR count). The van der Waals surface area contributed by atoms with Gasteiger partial charge in [0.25, 0.3) is 5.91 Å². The number of thioether (sulfide) groups is 1. The lowest BCUT2D eigenvalue weighted by Gasteiger charge is -2.40. The molecule has 0 saturated carbocycles. The fourth-order valence-electron chi connectivity index (χ4n) is 6.74. The van der Waals surface area contributed by atoms with Crippen molar-refractivity contribution in [2.24, 2.45) is 17.8 Å². The molecule has 7 atom stereocenters. The molecule has 1 aromatic rings. The van der Waals surface area contributed by atoms with Gasteiger partial charge in [0, 0.05) is 36.3 Å². The summed E-state index contributed by atoms with van der Waals surface area (Å²) in [5, 5.41) is 10.2. The van der Waals surface area contributed by atoms with Crippen molar-refractivity contribution in [3.8, 4) is 0 Å². The third kappa shape index (κ3) is 4.38. The van der Waals surface area contributed by atoms with E-state index in [9.17, 15) is 19.5 Å². The summed E-state index contributed by atoms with van der Waals surface area (Å²) in [5.74, 6) is -2.28. The summed E-state index contributed by atoms with van der Waals surface area (Å²) in [7, 11) is 0. The van der Waals surface area contributed by atoms with Crippen molar-refractivity contribution in [1.82, 2.24) is 4.90 Å². The standard InChI is InChI=1S/C30H39N3O5S/c1-5-19(4)22(18-34)33-26-28(36)32(21-13-11-20(12-14-21)31(6-2)7-3)16-9-15-30(26)25(27(33)35)24-23(39-30)10-8-17-38-29(24)37/h8-15,19,22-26,34H,5-7,16-18H2,1-4H3/t19-,22-,23+,24-,25-,26?,30-/m0/s1. The van der Waals surface area contributed by atoms with Gasteiger partial charge in [0.05, 0.1) is 29.2 Å². The van der Waals surface area contributed by atoms with E-state index >= 15 is 0 Å². The van der Waals surface area contributed by atoms with E-state index in [0.717, 1.165) is 30.9 Å². The number of cyclic esters (lactones) is 1. The topological polar surface area (TPSA) is 90.4 Å². The zero-order valence-corrected chi connectivity index (χ0v) is 24.0. The number of aliphatic hydroxyl groups excluding tert-OH is 1. The van der Waals surface area contributed by atoms with Gasteiger partial charge in [0.1, 0.15) is 12.6 Å². The Hall–Kier alpha value is -2.78. The second-order valence-corrected chi connectivity index (χ2v) is 12.3. The van der Waals surface area contributed by atoms with Crippen molar-refractivity contribution in [3.63, 3.8) is 0 Å². The van der Waals surface area contributed by atoms with Gasteiger partial charge >= 0.3 is 5.97 Å². The largest absolute Gasteiger partial charge is 0.461 e. The van der Waals surface area contributed by atoms with E-state index in [1.54, 1.807) is 9.80 Å². The molecule has 4 aliphatic rings. The number of likely N-dealkylation sites (tertiary alicyclic amines) is 1. The van der Waals surface area contributed by atoms with Crippen LogP contribution in [-0.4, -0.2) is 82.7 Å². The number of hydrogen-bond acceptors (Lipinski definition) is 7. The maximum atomic E-state index is 14.6. The minimum atomic E-state index is -0.930. The van der Waals surface area contributed by atoms with Crippen LogP contribution in [0, 0.1) is 17.8 Å². The number of anilines is 2. The van der Waals surface area contributed by atoms with Crippen LogP contribution in [0.2, 0.25) is 0 Å². The van der Waals surface area contributed by atoms with Gasteiger partial charge in [0.15, 0.2) is 0 Å². The lowest BCUT2D eigenvalue weighted by molar-refractivity contribution is -0.152. The number of esters is 1. The maximum Gasteiger partial charge on any atom is 0.311 e. The molecular formula is C30H39N3O5S. The highest BCUT2D eigenvalue weighted by atomic mass is 32.2. The molecule has 4 heterocycles. The molecule has 2 fully saturated rings. The van der Waals surface area contributed by atoms with Gasteiger partial charge in [-0.15, -0.1) is 11.8 Å². The molecule has 2 saturated heterocycles. The summed E-state index contributed by atoms with van der Waals surface area (Å²) in [4.78, 5) is 47.7. The van der Waals surface area contributed by atoms with E-state index in [1.165, 1.54) is 11.8 Å². The molecule has 39 heavy (non-hydrogen) atoms.